The molecule has 2 heterocycles. The minimum Gasteiger partial charge on any atom is -0.367 e. The van der Waals surface area contributed by atoms with Gasteiger partial charge in [0.25, 0.3) is 5.91 Å². The van der Waals surface area contributed by atoms with Crippen LogP contribution in [0, 0.1) is 20.8 Å². The first-order chi connectivity index (χ1) is 13.8. The van der Waals surface area contributed by atoms with Crippen LogP contribution in [-0.4, -0.2) is 37.5 Å². The zero-order chi connectivity index (χ0) is 21.1. The van der Waals surface area contributed by atoms with Crippen molar-refractivity contribution in [3.8, 4) is 0 Å². The summed E-state index contributed by atoms with van der Waals surface area (Å²) in [7, 11) is 5.39. The number of methoxy groups -OCH3 is 1. The van der Waals surface area contributed by atoms with Crippen LogP contribution in [0.15, 0.2) is 36.4 Å². The van der Waals surface area contributed by atoms with Gasteiger partial charge in [-0.3, -0.25) is 14.2 Å². The SMILES string of the molecule is CO[C@@H](C(=O)N(Cc1c(C)nn(C)c1C)Cc1cc(C)nn1C)c1ccccc1. The van der Waals surface area contributed by atoms with Gasteiger partial charge in [-0.1, -0.05) is 30.3 Å². The van der Waals surface area contributed by atoms with E-state index in [-0.39, 0.29) is 5.91 Å². The zero-order valence-corrected chi connectivity index (χ0v) is 18.0. The van der Waals surface area contributed by atoms with Crippen molar-refractivity contribution in [2.24, 2.45) is 14.1 Å². The van der Waals surface area contributed by atoms with Crippen LogP contribution in [-0.2, 0) is 36.7 Å². The Morgan fingerprint density at radius 1 is 1.07 bits per heavy atom. The summed E-state index contributed by atoms with van der Waals surface area (Å²) < 4.78 is 9.30. The number of benzene rings is 1. The van der Waals surface area contributed by atoms with E-state index in [9.17, 15) is 4.79 Å². The number of aromatic nitrogens is 4. The minimum atomic E-state index is -0.664. The van der Waals surface area contributed by atoms with Crippen molar-refractivity contribution in [2.75, 3.05) is 7.11 Å². The number of carbonyl (C=O) groups is 1. The molecule has 0 aliphatic rings. The van der Waals surface area contributed by atoms with Crippen molar-refractivity contribution in [1.29, 1.82) is 0 Å². The molecule has 0 bridgehead atoms. The van der Waals surface area contributed by atoms with Gasteiger partial charge in [0, 0.05) is 39.0 Å². The molecule has 2 aromatic heterocycles. The van der Waals surface area contributed by atoms with Gasteiger partial charge in [-0.05, 0) is 32.4 Å². The fraction of sp³-hybridized carbons (Fsp3) is 0.409. The van der Waals surface area contributed by atoms with Crippen molar-refractivity contribution in [1.82, 2.24) is 24.5 Å². The predicted molar refractivity (Wildman–Crippen MR) is 111 cm³/mol. The Hall–Kier alpha value is -2.93. The topological polar surface area (TPSA) is 65.2 Å². The molecule has 0 fully saturated rings. The van der Waals surface area contributed by atoms with E-state index in [2.05, 4.69) is 10.2 Å². The van der Waals surface area contributed by atoms with E-state index < -0.39 is 6.10 Å². The standard InChI is InChI=1S/C22H29N5O2/c1-15-12-19(26(5)23-15)13-27(14-20-16(2)24-25(4)17(20)3)22(28)21(29-6)18-10-8-7-9-11-18/h7-12,21H,13-14H2,1-6H3/t21-/m1/s1. The second kappa shape index (κ2) is 8.61. The molecule has 3 rings (SSSR count). The maximum Gasteiger partial charge on any atom is 0.256 e. The van der Waals surface area contributed by atoms with Crippen LogP contribution in [0.5, 0.6) is 0 Å². The highest BCUT2D eigenvalue weighted by Crippen LogP contribution is 2.24. The van der Waals surface area contributed by atoms with Gasteiger partial charge in [0.05, 0.1) is 23.6 Å². The van der Waals surface area contributed by atoms with E-state index >= 15 is 0 Å². The normalized spacial score (nSPS) is 12.2. The number of nitrogens with zero attached hydrogens (tertiary/aromatic N) is 5. The first-order valence-electron chi connectivity index (χ1n) is 9.67. The van der Waals surface area contributed by atoms with Crippen molar-refractivity contribution in [3.05, 3.63) is 70.3 Å². The lowest BCUT2D eigenvalue weighted by molar-refractivity contribution is -0.143. The Labute approximate surface area is 171 Å². The quantitative estimate of drug-likeness (QED) is 0.617. The average Bonchev–Trinajstić information content (AvgIpc) is 3.13. The third-order valence-corrected chi connectivity index (χ3v) is 5.33. The van der Waals surface area contributed by atoms with E-state index in [1.807, 2.05) is 85.5 Å². The fourth-order valence-corrected chi connectivity index (χ4v) is 3.63. The summed E-state index contributed by atoms with van der Waals surface area (Å²) in [6.07, 6.45) is -0.664. The number of hydrogen-bond acceptors (Lipinski definition) is 4. The number of hydrogen-bond donors (Lipinski definition) is 0. The minimum absolute atomic E-state index is 0.0831. The van der Waals surface area contributed by atoms with Crippen molar-refractivity contribution >= 4 is 5.91 Å². The van der Waals surface area contributed by atoms with E-state index in [0.29, 0.717) is 13.1 Å². The Kier molecular flexibility index (Phi) is 6.17. The first kappa shape index (κ1) is 20.8. The van der Waals surface area contributed by atoms with Crippen LogP contribution in [0.3, 0.4) is 0 Å². The lowest BCUT2D eigenvalue weighted by Gasteiger charge is -2.27. The zero-order valence-electron chi connectivity index (χ0n) is 18.0. The van der Waals surface area contributed by atoms with Gasteiger partial charge < -0.3 is 9.64 Å². The molecule has 7 nitrogen and oxygen atoms in total. The van der Waals surface area contributed by atoms with Crippen LogP contribution < -0.4 is 0 Å². The molecule has 0 aliphatic carbocycles. The Balaban J connectivity index is 1.97. The second-order valence-corrected chi connectivity index (χ2v) is 7.39. The van der Waals surface area contributed by atoms with E-state index in [1.54, 1.807) is 7.11 Å². The van der Waals surface area contributed by atoms with E-state index in [4.69, 9.17) is 4.74 Å². The number of amides is 1. The molecule has 154 valence electrons. The van der Waals surface area contributed by atoms with Gasteiger partial charge in [0.15, 0.2) is 6.10 Å². The highest BCUT2D eigenvalue weighted by molar-refractivity contribution is 5.82. The molecule has 0 aliphatic heterocycles. The molecule has 0 radical (unpaired) electrons. The largest absolute Gasteiger partial charge is 0.367 e. The van der Waals surface area contributed by atoms with Crippen LogP contribution >= 0.6 is 0 Å². The lowest BCUT2D eigenvalue weighted by Crippen LogP contribution is -2.36. The third kappa shape index (κ3) is 4.40. The fourth-order valence-electron chi connectivity index (χ4n) is 3.63. The van der Waals surface area contributed by atoms with Crippen LogP contribution in [0.4, 0.5) is 0 Å². The Morgan fingerprint density at radius 3 is 2.28 bits per heavy atom. The molecule has 0 spiro atoms. The van der Waals surface area contributed by atoms with Gasteiger partial charge >= 0.3 is 0 Å². The molecular weight excluding hydrogens is 366 g/mol. The summed E-state index contributed by atoms with van der Waals surface area (Å²) in [4.78, 5) is 15.4. The average molecular weight is 396 g/mol. The summed E-state index contributed by atoms with van der Waals surface area (Å²) in [6.45, 7) is 6.85. The second-order valence-electron chi connectivity index (χ2n) is 7.39. The van der Waals surface area contributed by atoms with Crippen LogP contribution in [0.2, 0.25) is 0 Å². The van der Waals surface area contributed by atoms with Gasteiger partial charge in [-0.15, -0.1) is 0 Å². The Morgan fingerprint density at radius 2 is 1.76 bits per heavy atom. The predicted octanol–water partition coefficient (Wildman–Crippen LogP) is 3.00. The summed E-state index contributed by atoms with van der Waals surface area (Å²) in [6, 6.07) is 11.6. The summed E-state index contributed by atoms with van der Waals surface area (Å²) >= 11 is 0. The molecule has 1 atom stereocenters. The number of ether oxygens (including phenoxy) is 1. The molecule has 1 aromatic carbocycles. The highest BCUT2D eigenvalue weighted by Gasteiger charge is 2.28. The summed E-state index contributed by atoms with van der Waals surface area (Å²) in [5, 5.41) is 8.93. The van der Waals surface area contributed by atoms with Crippen molar-refractivity contribution < 1.29 is 9.53 Å². The molecule has 0 saturated heterocycles. The van der Waals surface area contributed by atoms with E-state index in [1.165, 1.54) is 0 Å². The summed E-state index contributed by atoms with van der Waals surface area (Å²) in [5.41, 5.74) is 5.77. The monoisotopic (exact) mass is 395 g/mol. The maximum absolute atomic E-state index is 13.6. The molecule has 0 unspecified atom stereocenters. The smallest absolute Gasteiger partial charge is 0.256 e. The van der Waals surface area contributed by atoms with Gasteiger partial charge in [0.2, 0.25) is 0 Å². The molecule has 29 heavy (non-hydrogen) atoms. The molecule has 0 saturated carbocycles. The van der Waals surface area contributed by atoms with Crippen LogP contribution in [0.25, 0.3) is 0 Å². The third-order valence-electron chi connectivity index (χ3n) is 5.33. The first-order valence-corrected chi connectivity index (χ1v) is 9.67. The van der Waals surface area contributed by atoms with Crippen molar-refractivity contribution in [3.63, 3.8) is 0 Å². The van der Waals surface area contributed by atoms with Gasteiger partial charge in [-0.25, -0.2) is 0 Å². The maximum atomic E-state index is 13.6. The molecule has 3 aromatic rings. The van der Waals surface area contributed by atoms with Gasteiger partial charge in [0.1, 0.15) is 0 Å². The molecule has 0 N–H and O–H groups in total. The lowest BCUT2D eigenvalue weighted by atomic mass is 10.1. The number of aryl methyl sites for hydroxylation is 4. The molecule has 7 heteroatoms. The molecule has 1 amide bonds. The Bertz CT molecular complexity index is 990. The molecular formula is C22H29N5O2. The number of rotatable bonds is 7. The highest BCUT2D eigenvalue weighted by atomic mass is 16.5. The van der Waals surface area contributed by atoms with Crippen LogP contribution in [0.1, 0.15) is 40.0 Å². The van der Waals surface area contributed by atoms with Crippen molar-refractivity contribution in [2.45, 2.75) is 40.0 Å². The summed E-state index contributed by atoms with van der Waals surface area (Å²) in [5.74, 6) is -0.0831. The number of carbonyl (C=O) groups excluding carboxylic acids is 1. The van der Waals surface area contributed by atoms with Gasteiger partial charge in [-0.2, -0.15) is 10.2 Å². The van der Waals surface area contributed by atoms with E-state index in [0.717, 1.165) is 33.9 Å².